The number of nitrogens with zero attached hydrogens (tertiary/aromatic N) is 1. The lowest BCUT2D eigenvalue weighted by atomic mass is 10.2. The zero-order chi connectivity index (χ0) is 13.7. The van der Waals surface area contributed by atoms with E-state index in [1.54, 1.807) is 17.0 Å². The highest BCUT2D eigenvalue weighted by Gasteiger charge is 2.20. The molecule has 0 atom stereocenters. The average molecular weight is 264 g/mol. The standard InChI is InChI=1S/C14H17FN2O2/c15-12-5-3-11(4-6-12)10-16-13(18)9-14(19)17-7-1-2-8-17/h3-6H,1-2,7-10H2,(H,16,18). The Morgan fingerprint density at radius 3 is 2.42 bits per heavy atom. The average Bonchev–Trinajstić information content (AvgIpc) is 2.92. The lowest BCUT2D eigenvalue weighted by Gasteiger charge is -2.14. The maximum atomic E-state index is 12.7. The van der Waals surface area contributed by atoms with Gasteiger partial charge in [0.25, 0.3) is 0 Å². The van der Waals surface area contributed by atoms with Crippen molar-refractivity contribution in [2.45, 2.75) is 25.8 Å². The molecule has 1 aliphatic rings. The number of hydrogen-bond donors (Lipinski definition) is 1. The summed E-state index contributed by atoms with van der Waals surface area (Å²) >= 11 is 0. The fraction of sp³-hybridized carbons (Fsp3) is 0.429. The minimum absolute atomic E-state index is 0.110. The summed E-state index contributed by atoms with van der Waals surface area (Å²) in [5.74, 6) is -0.713. The van der Waals surface area contributed by atoms with Crippen molar-refractivity contribution >= 4 is 11.8 Å². The van der Waals surface area contributed by atoms with Crippen LogP contribution in [0.5, 0.6) is 0 Å². The van der Waals surface area contributed by atoms with E-state index < -0.39 is 0 Å². The van der Waals surface area contributed by atoms with Crippen LogP contribution in [0.25, 0.3) is 0 Å². The van der Waals surface area contributed by atoms with Crippen LogP contribution < -0.4 is 5.32 Å². The van der Waals surface area contributed by atoms with Crippen LogP contribution in [0.3, 0.4) is 0 Å². The lowest BCUT2D eigenvalue weighted by molar-refractivity contribution is -0.135. The van der Waals surface area contributed by atoms with E-state index >= 15 is 0 Å². The molecule has 2 rings (SSSR count). The zero-order valence-corrected chi connectivity index (χ0v) is 10.7. The first-order chi connectivity index (χ1) is 9.15. The SMILES string of the molecule is O=C(CC(=O)N1CCCC1)NCc1ccc(F)cc1. The second kappa shape index (κ2) is 6.31. The molecule has 1 fully saturated rings. The summed E-state index contributed by atoms with van der Waals surface area (Å²) in [7, 11) is 0. The van der Waals surface area contributed by atoms with Crippen molar-refractivity contribution in [2.75, 3.05) is 13.1 Å². The lowest BCUT2D eigenvalue weighted by Crippen LogP contribution is -2.33. The third-order valence-corrected chi connectivity index (χ3v) is 3.17. The van der Waals surface area contributed by atoms with E-state index in [0.29, 0.717) is 6.54 Å². The van der Waals surface area contributed by atoms with Crippen LogP contribution in [0.2, 0.25) is 0 Å². The van der Waals surface area contributed by atoms with Gasteiger partial charge in [-0.1, -0.05) is 12.1 Å². The van der Waals surface area contributed by atoms with E-state index in [2.05, 4.69) is 5.32 Å². The molecule has 0 aromatic heterocycles. The predicted octanol–water partition coefficient (Wildman–Crippen LogP) is 1.45. The molecule has 0 unspecified atom stereocenters. The number of rotatable bonds is 4. The van der Waals surface area contributed by atoms with Crippen LogP contribution >= 0.6 is 0 Å². The van der Waals surface area contributed by atoms with E-state index in [1.807, 2.05) is 0 Å². The molecule has 0 radical (unpaired) electrons. The number of amides is 2. The molecule has 0 spiro atoms. The van der Waals surface area contributed by atoms with Crippen LogP contribution in [0.4, 0.5) is 4.39 Å². The number of hydrogen-bond acceptors (Lipinski definition) is 2. The molecule has 5 heteroatoms. The van der Waals surface area contributed by atoms with Gasteiger partial charge in [-0.25, -0.2) is 4.39 Å². The number of halogens is 1. The highest BCUT2D eigenvalue weighted by atomic mass is 19.1. The largest absolute Gasteiger partial charge is 0.352 e. The van der Waals surface area contributed by atoms with Crippen molar-refractivity contribution in [1.82, 2.24) is 10.2 Å². The quantitative estimate of drug-likeness (QED) is 0.837. The molecule has 1 saturated heterocycles. The summed E-state index contributed by atoms with van der Waals surface area (Å²) in [5, 5.41) is 2.66. The second-order valence-corrected chi connectivity index (χ2v) is 4.67. The Morgan fingerprint density at radius 2 is 1.79 bits per heavy atom. The number of carbonyl (C=O) groups excluding carboxylic acids is 2. The Kier molecular flexibility index (Phi) is 4.49. The molecule has 2 amide bonds. The highest BCUT2D eigenvalue weighted by Crippen LogP contribution is 2.09. The molecular formula is C14H17FN2O2. The normalized spacial score (nSPS) is 14.5. The first kappa shape index (κ1) is 13.5. The molecule has 4 nitrogen and oxygen atoms in total. The van der Waals surface area contributed by atoms with E-state index in [1.165, 1.54) is 12.1 Å². The van der Waals surface area contributed by atoms with Crippen molar-refractivity contribution in [2.24, 2.45) is 0 Å². The summed E-state index contributed by atoms with van der Waals surface area (Å²) in [6, 6.07) is 5.91. The summed E-state index contributed by atoms with van der Waals surface area (Å²) in [4.78, 5) is 25.1. The summed E-state index contributed by atoms with van der Waals surface area (Å²) in [6.07, 6.45) is 1.92. The third-order valence-electron chi connectivity index (χ3n) is 3.17. The van der Waals surface area contributed by atoms with Gasteiger partial charge in [0.15, 0.2) is 0 Å². The number of nitrogens with one attached hydrogen (secondary N) is 1. The van der Waals surface area contributed by atoms with Crippen LogP contribution in [-0.4, -0.2) is 29.8 Å². The first-order valence-corrected chi connectivity index (χ1v) is 6.44. The van der Waals surface area contributed by atoms with Crippen LogP contribution in [0.15, 0.2) is 24.3 Å². The molecule has 19 heavy (non-hydrogen) atoms. The Morgan fingerprint density at radius 1 is 1.16 bits per heavy atom. The maximum absolute atomic E-state index is 12.7. The number of benzene rings is 1. The molecule has 1 heterocycles. The first-order valence-electron chi connectivity index (χ1n) is 6.44. The summed E-state index contributed by atoms with van der Waals surface area (Å²) in [6.45, 7) is 1.82. The third kappa shape index (κ3) is 4.05. The van der Waals surface area contributed by atoms with Gasteiger partial charge in [-0.05, 0) is 30.5 Å². The summed E-state index contributed by atoms with van der Waals surface area (Å²) in [5.41, 5.74) is 0.809. The molecule has 1 N–H and O–H groups in total. The van der Waals surface area contributed by atoms with E-state index in [4.69, 9.17) is 0 Å². The van der Waals surface area contributed by atoms with Crippen molar-refractivity contribution in [3.63, 3.8) is 0 Å². The van der Waals surface area contributed by atoms with Gasteiger partial charge in [0.2, 0.25) is 11.8 Å². The molecule has 102 valence electrons. The smallest absolute Gasteiger partial charge is 0.232 e. The van der Waals surface area contributed by atoms with Crippen molar-refractivity contribution < 1.29 is 14.0 Å². The molecule has 1 aromatic carbocycles. The van der Waals surface area contributed by atoms with Gasteiger partial charge in [0.05, 0.1) is 0 Å². The minimum atomic E-state index is -0.306. The van der Waals surface area contributed by atoms with Crippen LogP contribution in [-0.2, 0) is 16.1 Å². The highest BCUT2D eigenvalue weighted by molar-refractivity contribution is 5.96. The van der Waals surface area contributed by atoms with Crippen molar-refractivity contribution in [1.29, 1.82) is 0 Å². The van der Waals surface area contributed by atoms with Gasteiger partial charge in [-0.3, -0.25) is 9.59 Å². The Bertz CT molecular complexity index is 453. The van der Waals surface area contributed by atoms with E-state index in [0.717, 1.165) is 31.5 Å². The van der Waals surface area contributed by atoms with E-state index in [9.17, 15) is 14.0 Å². The van der Waals surface area contributed by atoms with Gasteiger partial charge in [0.1, 0.15) is 12.2 Å². The topological polar surface area (TPSA) is 49.4 Å². The van der Waals surface area contributed by atoms with Crippen LogP contribution in [0, 0.1) is 5.82 Å². The molecular weight excluding hydrogens is 247 g/mol. The van der Waals surface area contributed by atoms with Crippen molar-refractivity contribution in [3.05, 3.63) is 35.6 Å². The minimum Gasteiger partial charge on any atom is -0.352 e. The van der Waals surface area contributed by atoms with Gasteiger partial charge in [-0.2, -0.15) is 0 Å². The van der Waals surface area contributed by atoms with Gasteiger partial charge in [0, 0.05) is 19.6 Å². The Balaban J connectivity index is 1.75. The zero-order valence-electron chi connectivity index (χ0n) is 10.7. The number of likely N-dealkylation sites (tertiary alicyclic amines) is 1. The molecule has 1 aliphatic heterocycles. The molecule has 0 saturated carbocycles. The summed E-state index contributed by atoms with van der Waals surface area (Å²) < 4.78 is 12.7. The monoisotopic (exact) mass is 264 g/mol. The fourth-order valence-corrected chi connectivity index (χ4v) is 2.08. The van der Waals surface area contributed by atoms with Crippen LogP contribution in [0.1, 0.15) is 24.8 Å². The Hall–Kier alpha value is -1.91. The van der Waals surface area contributed by atoms with Gasteiger partial charge in [-0.15, -0.1) is 0 Å². The maximum Gasteiger partial charge on any atom is 0.232 e. The van der Waals surface area contributed by atoms with E-state index in [-0.39, 0.29) is 24.1 Å². The second-order valence-electron chi connectivity index (χ2n) is 4.67. The molecule has 0 aliphatic carbocycles. The Labute approximate surface area is 111 Å². The molecule has 1 aromatic rings. The molecule has 0 bridgehead atoms. The van der Waals surface area contributed by atoms with Crippen molar-refractivity contribution in [3.8, 4) is 0 Å². The predicted molar refractivity (Wildman–Crippen MR) is 68.7 cm³/mol. The van der Waals surface area contributed by atoms with Gasteiger partial charge >= 0.3 is 0 Å². The number of carbonyl (C=O) groups is 2. The fourth-order valence-electron chi connectivity index (χ4n) is 2.08. The van der Waals surface area contributed by atoms with Gasteiger partial charge < -0.3 is 10.2 Å².